The Morgan fingerprint density at radius 2 is 0.654 bits per heavy atom. The number of nitrogens with zero attached hydrogens (tertiary/aromatic N) is 2. The Hall–Kier alpha value is -9.96. The molecular formula is C75H43BN2. The highest BCUT2D eigenvalue weighted by atomic mass is 15.2. The Labute approximate surface area is 451 Å². The molecule has 2 aliphatic heterocycles. The summed E-state index contributed by atoms with van der Waals surface area (Å²) in [7, 11) is 0. The summed E-state index contributed by atoms with van der Waals surface area (Å²) in [4.78, 5) is 5.22. The van der Waals surface area contributed by atoms with Crippen LogP contribution < -0.4 is 26.2 Å². The second-order valence-electron chi connectivity index (χ2n) is 22.2. The quantitative estimate of drug-likeness (QED) is 0.129. The van der Waals surface area contributed by atoms with Gasteiger partial charge in [-0.3, -0.25) is 0 Å². The molecule has 19 rings (SSSR count). The molecule has 78 heavy (non-hydrogen) atoms. The van der Waals surface area contributed by atoms with Gasteiger partial charge in [0.05, 0.1) is 5.41 Å². The molecule has 0 amide bonds. The first-order valence-electron chi connectivity index (χ1n) is 27.4. The lowest BCUT2D eigenvalue weighted by atomic mass is 9.32. The molecule has 1 spiro atoms. The maximum atomic E-state index is 2.61. The first-order chi connectivity index (χ1) is 38.7. The fourth-order valence-electron chi connectivity index (χ4n) is 15.7. The number of hydrogen-bond donors (Lipinski definition) is 0. The zero-order chi connectivity index (χ0) is 50.5. The van der Waals surface area contributed by atoms with Crippen LogP contribution in [0.4, 0.5) is 34.1 Å². The van der Waals surface area contributed by atoms with E-state index in [1.807, 2.05) is 0 Å². The van der Waals surface area contributed by atoms with E-state index in [1.54, 1.807) is 0 Å². The van der Waals surface area contributed by atoms with Gasteiger partial charge in [-0.15, -0.1) is 0 Å². The Kier molecular flexibility index (Phi) is 7.79. The van der Waals surface area contributed by atoms with Crippen LogP contribution in [0.1, 0.15) is 22.3 Å². The summed E-state index contributed by atoms with van der Waals surface area (Å²) in [6.45, 7) is -0.114. The van der Waals surface area contributed by atoms with Crippen LogP contribution in [0.2, 0.25) is 0 Å². The summed E-state index contributed by atoms with van der Waals surface area (Å²) in [6.07, 6.45) is 0. The molecule has 0 saturated heterocycles. The summed E-state index contributed by atoms with van der Waals surface area (Å²) in [5, 5.41) is 15.6. The molecule has 3 heteroatoms. The van der Waals surface area contributed by atoms with Crippen molar-refractivity contribution >= 4 is 122 Å². The minimum atomic E-state index is -0.415. The average molecular weight is 983 g/mol. The van der Waals surface area contributed by atoms with Gasteiger partial charge in [-0.1, -0.05) is 206 Å². The molecule has 0 N–H and O–H groups in total. The van der Waals surface area contributed by atoms with Crippen molar-refractivity contribution in [1.29, 1.82) is 0 Å². The molecule has 356 valence electrons. The zero-order valence-electron chi connectivity index (χ0n) is 42.3. The molecule has 2 heterocycles. The van der Waals surface area contributed by atoms with Gasteiger partial charge in [-0.05, 0) is 191 Å². The normalized spacial score (nSPS) is 14.2. The maximum Gasteiger partial charge on any atom is 0.253 e. The topological polar surface area (TPSA) is 6.48 Å². The lowest BCUT2D eigenvalue weighted by molar-refractivity contribution is 0.794. The van der Waals surface area contributed by atoms with Gasteiger partial charge < -0.3 is 9.80 Å². The summed E-state index contributed by atoms with van der Waals surface area (Å²) in [5.41, 5.74) is 23.8. The van der Waals surface area contributed by atoms with Gasteiger partial charge in [0.15, 0.2) is 0 Å². The van der Waals surface area contributed by atoms with Gasteiger partial charge in [0.1, 0.15) is 0 Å². The van der Waals surface area contributed by atoms with Crippen molar-refractivity contribution in [2.24, 2.45) is 0 Å². The molecule has 15 aromatic rings. The molecule has 0 fully saturated rings. The Morgan fingerprint density at radius 3 is 1.14 bits per heavy atom. The summed E-state index contributed by atoms with van der Waals surface area (Å²) in [5.74, 6) is 0. The van der Waals surface area contributed by atoms with Crippen LogP contribution in [0, 0.1) is 0 Å². The third-order valence-corrected chi connectivity index (χ3v) is 18.7. The molecule has 15 aromatic carbocycles. The molecular weight excluding hydrogens is 940 g/mol. The smallest absolute Gasteiger partial charge is 0.253 e. The second kappa shape index (κ2) is 14.7. The van der Waals surface area contributed by atoms with Crippen molar-refractivity contribution < 1.29 is 0 Å². The molecule has 2 aliphatic carbocycles. The van der Waals surface area contributed by atoms with E-state index >= 15 is 0 Å². The van der Waals surface area contributed by atoms with Crippen LogP contribution in [0.25, 0.3) is 98.0 Å². The summed E-state index contributed by atoms with van der Waals surface area (Å²) in [6, 6.07) is 99.8. The largest absolute Gasteiger partial charge is 0.311 e. The minimum absolute atomic E-state index is 0.114. The van der Waals surface area contributed by atoms with E-state index < -0.39 is 5.41 Å². The molecule has 2 nitrogen and oxygen atoms in total. The van der Waals surface area contributed by atoms with Gasteiger partial charge in [-0.2, -0.15) is 0 Å². The molecule has 0 atom stereocenters. The number of anilines is 6. The molecule has 0 radical (unpaired) electrons. The van der Waals surface area contributed by atoms with Crippen LogP contribution in [-0.4, -0.2) is 6.71 Å². The lowest BCUT2D eigenvalue weighted by Gasteiger charge is -2.45. The van der Waals surface area contributed by atoms with Crippen molar-refractivity contribution in [3.8, 4) is 33.4 Å². The van der Waals surface area contributed by atoms with Crippen molar-refractivity contribution in [3.05, 3.63) is 283 Å². The zero-order valence-corrected chi connectivity index (χ0v) is 42.3. The fourth-order valence-corrected chi connectivity index (χ4v) is 15.7. The summed E-state index contributed by atoms with van der Waals surface area (Å²) < 4.78 is 0. The average Bonchev–Trinajstić information content (AvgIpc) is 2.73. The Morgan fingerprint density at radius 1 is 0.256 bits per heavy atom. The van der Waals surface area contributed by atoms with Crippen LogP contribution in [0.5, 0.6) is 0 Å². The highest BCUT2D eigenvalue weighted by Gasteiger charge is 2.52. The fraction of sp³-hybridized carbons (Fsp3) is 0.0133. The molecule has 0 saturated carbocycles. The van der Waals surface area contributed by atoms with Gasteiger partial charge >= 0.3 is 0 Å². The Bertz CT molecular complexity index is 4820. The highest BCUT2D eigenvalue weighted by Crippen LogP contribution is 2.63. The molecule has 4 aliphatic rings. The van der Waals surface area contributed by atoms with Crippen LogP contribution in [0.15, 0.2) is 261 Å². The lowest BCUT2D eigenvalue weighted by Crippen LogP contribution is -2.61. The van der Waals surface area contributed by atoms with Crippen molar-refractivity contribution in [2.75, 3.05) is 9.80 Å². The number of benzene rings is 15. The van der Waals surface area contributed by atoms with E-state index in [4.69, 9.17) is 0 Å². The number of hydrogen-bond acceptors (Lipinski definition) is 2. The standard InChI is InChI=1S/C75H43BN2/c1-3-19-52(20-4-1)77-64-40-49-31-29-44-15-13-17-46-33-36-57(70(49)68(44)46)72(64)76-73-58-37-34-47-18-14-16-45-30-32-50(71(58)69(45)47)41-65(73)78(53-21-5-2-6-22-53)67-43-51(42-66(77)74(67)76)48-35-38-63-59(39-48)56-25-9-12-28-62(56)75(63)60-26-10-7-23-54(60)55-24-8-11-27-61(55)75/h1-43H. The predicted octanol–water partition coefficient (Wildman–Crippen LogP) is 17.6. The van der Waals surface area contributed by atoms with Gasteiger partial charge in [0, 0.05) is 34.1 Å². The van der Waals surface area contributed by atoms with E-state index in [2.05, 4.69) is 271 Å². The minimum Gasteiger partial charge on any atom is -0.311 e. The third kappa shape index (κ3) is 5.02. The first-order valence-corrected chi connectivity index (χ1v) is 27.4. The van der Waals surface area contributed by atoms with Crippen molar-refractivity contribution in [3.63, 3.8) is 0 Å². The van der Waals surface area contributed by atoms with Gasteiger partial charge in [0.2, 0.25) is 0 Å². The summed E-state index contributed by atoms with van der Waals surface area (Å²) >= 11 is 0. The van der Waals surface area contributed by atoms with Crippen LogP contribution in [-0.2, 0) is 5.41 Å². The predicted molar refractivity (Wildman–Crippen MR) is 330 cm³/mol. The van der Waals surface area contributed by atoms with Crippen molar-refractivity contribution in [2.45, 2.75) is 5.41 Å². The highest BCUT2D eigenvalue weighted by molar-refractivity contribution is 7.03. The van der Waals surface area contributed by atoms with Crippen molar-refractivity contribution in [1.82, 2.24) is 0 Å². The SMILES string of the molecule is c1ccc(N2c3cc(-c4ccc5c(c4)-c4ccccc4C54c5ccccc5-c5ccccc54)cc4c3B(c3c2cc2ccc5cccc6ccc3c2c56)c2c(cc3ccc5cccc6ccc2c3c56)N4c2ccccc2)cc1. The first kappa shape index (κ1) is 41.3. The Balaban J connectivity index is 0.956. The van der Waals surface area contributed by atoms with Gasteiger partial charge in [0.25, 0.3) is 6.71 Å². The van der Waals surface area contributed by atoms with E-state index in [0.29, 0.717) is 0 Å². The third-order valence-electron chi connectivity index (χ3n) is 18.7. The maximum absolute atomic E-state index is 2.61. The van der Waals surface area contributed by atoms with E-state index in [9.17, 15) is 0 Å². The van der Waals surface area contributed by atoms with E-state index in [-0.39, 0.29) is 6.71 Å². The van der Waals surface area contributed by atoms with Crippen LogP contribution in [0.3, 0.4) is 0 Å². The second-order valence-corrected chi connectivity index (χ2v) is 22.2. The molecule has 0 aromatic heterocycles. The molecule has 0 bridgehead atoms. The number of rotatable bonds is 3. The monoisotopic (exact) mass is 982 g/mol. The number of fused-ring (bicyclic) bond motifs is 16. The van der Waals surface area contributed by atoms with Gasteiger partial charge in [-0.25, -0.2) is 0 Å². The van der Waals surface area contributed by atoms with E-state index in [1.165, 1.54) is 159 Å². The molecule has 0 unspecified atom stereocenters. The number of para-hydroxylation sites is 2. The van der Waals surface area contributed by atoms with Crippen LogP contribution >= 0.6 is 0 Å². The van der Waals surface area contributed by atoms with E-state index in [0.717, 1.165) is 11.4 Å².